The predicted molar refractivity (Wildman–Crippen MR) is 117 cm³/mol. The molecule has 0 saturated carbocycles. The Kier molecular flexibility index (Phi) is 6.01. The number of ether oxygens (including phenoxy) is 1. The lowest BCUT2D eigenvalue weighted by Crippen LogP contribution is -2.28. The monoisotopic (exact) mass is 397 g/mol. The van der Waals surface area contributed by atoms with Gasteiger partial charge in [-0.05, 0) is 49.6 Å². The van der Waals surface area contributed by atoms with Crippen molar-refractivity contribution in [2.45, 2.75) is 27.4 Å². The Morgan fingerprint density at radius 2 is 1.89 bits per heavy atom. The molecule has 148 valence electrons. The standard InChI is InChI=1S/C22H27N3O2S/c1-14-7-6-8-15(2)18(14)13-27-20-12-17(22(28)24(4)9-10-26)11-19-21(20)23-16(3)25(19)5/h6-8,11-12,26H,9-10,13H2,1-5H3. The van der Waals surface area contributed by atoms with Crippen molar-refractivity contribution in [2.24, 2.45) is 7.05 Å². The van der Waals surface area contributed by atoms with Gasteiger partial charge in [0.2, 0.25) is 0 Å². The molecule has 0 aliphatic heterocycles. The number of imidazole rings is 1. The van der Waals surface area contributed by atoms with Crippen molar-refractivity contribution in [1.82, 2.24) is 14.5 Å². The molecule has 2 aromatic carbocycles. The van der Waals surface area contributed by atoms with E-state index < -0.39 is 0 Å². The van der Waals surface area contributed by atoms with E-state index in [1.807, 2.05) is 42.6 Å². The first kappa shape index (κ1) is 20.3. The number of aliphatic hydroxyl groups is 1. The highest BCUT2D eigenvalue weighted by atomic mass is 32.1. The van der Waals surface area contributed by atoms with Gasteiger partial charge in [0.15, 0.2) is 0 Å². The van der Waals surface area contributed by atoms with Crippen LogP contribution >= 0.6 is 12.2 Å². The van der Waals surface area contributed by atoms with Crippen LogP contribution in [-0.4, -0.2) is 44.7 Å². The highest BCUT2D eigenvalue weighted by Gasteiger charge is 2.16. The zero-order valence-corrected chi connectivity index (χ0v) is 17.9. The van der Waals surface area contributed by atoms with Crippen LogP contribution in [0, 0.1) is 20.8 Å². The van der Waals surface area contributed by atoms with Crippen LogP contribution in [0.25, 0.3) is 11.0 Å². The van der Waals surface area contributed by atoms with Crippen LogP contribution in [0.1, 0.15) is 28.1 Å². The van der Waals surface area contributed by atoms with Crippen molar-refractivity contribution in [3.63, 3.8) is 0 Å². The van der Waals surface area contributed by atoms with Gasteiger partial charge in [0.05, 0.1) is 12.1 Å². The van der Waals surface area contributed by atoms with Crippen molar-refractivity contribution >= 4 is 28.2 Å². The summed E-state index contributed by atoms with van der Waals surface area (Å²) in [6, 6.07) is 10.3. The Morgan fingerprint density at radius 1 is 1.21 bits per heavy atom. The summed E-state index contributed by atoms with van der Waals surface area (Å²) in [7, 11) is 3.87. The van der Waals surface area contributed by atoms with E-state index in [0.717, 1.165) is 28.2 Å². The Hall–Kier alpha value is -2.44. The molecule has 3 aromatic rings. The normalized spacial score (nSPS) is 11.1. The Morgan fingerprint density at radius 3 is 2.54 bits per heavy atom. The second-order valence-corrected chi connectivity index (χ2v) is 7.56. The molecule has 0 saturated heterocycles. The fraction of sp³-hybridized carbons (Fsp3) is 0.364. The Balaban J connectivity index is 2.02. The van der Waals surface area contributed by atoms with Crippen LogP contribution < -0.4 is 4.74 Å². The van der Waals surface area contributed by atoms with E-state index in [2.05, 4.69) is 32.0 Å². The minimum absolute atomic E-state index is 0.0552. The van der Waals surface area contributed by atoms with Crippen LogP contribution in [0.5, 0.6) is 5.75 Å². The molecule has 0 atom stereocenters. The number of aliphatic hydroxyl groups excluding tert-OH is 1. The van der Waals surface area contributed by atoms with Gasteiger partial charge in [0.25, 0.3) is 0 Å². The lowest BCUT2D eigenvalue weighted by molar-refractivity contribution is 0.265. The molecule has 0 aliphatic carbocycles. The van der Waals surface area contributed by atoms with Crippen LogP contribution in [0.2, 0.25) is 0 Å². The van der Waals surface area contributed by atoms with E-state index in [4.69, 9.17) is 21.9 Å². The zero-order valence-electron chi connectivity index (χ0n) is 17.1. The highest BCUT2D eigenvalue weighted by molar-refractivity contribution is 7.80. The van der Waals surface area contributed by atoms with Crippen LogP contribution in [0.4, 0.5) is 0 Å². The summed E-state index contributed by atoms with van der Waals surface area (Å²) < 4.78 is 8.30. The number of benzene rings is 2. The quantitative estimate of drug-likeness (QED) is 0.643. The van der Waals surface area contributed by atoms with Crippen molar-refractivity contribution in [1.29, 1.82) is 0 Å². The fourth-order valence-electron chi connectivity index (χ4n) is 3.30. The van der Waals surface area contributed by atoms with E-state index in [9.17, 15) is 5.11 Å². The third kappa shape index (κ3) is 3.88. The van der Waals surface area contributed by atoms with Gasteiger partial charge in [-0.25, -0.2) is 4.98 Å². The summed E-state index contributed by atoms with van der Waals surface area (Å²) in [6.45, 7) is 7.19. The first-order valence-corrected chi connectivity index (χ1v) is 9.75. The molecule has 0 amide bonds. The maximum absolute atomic E-state index is 9.23. The van der Waals surface area contributed by atoms with Crippen LogP contribution in [0.3, 0.4) is 0 Å². The van der Waals surface area contributed by atoms with Gasteiger partial charge in [0.1, 0.15) is 28.7 Å². The molecular formula is C22H27N3O2S. The third-order valence-corrected chi connectivity index (χ3v) is 5.77. The summed E-state index contributed by atoms with van der Waals surface area (Å²) in [5, 5.41) is 9.23. The second kappa shape index (κ2) is 8.29. The SMILES string of the molecule is Cc1cccc(C)c1COc1cc(C(=S)N(C)CCO)cc2c1nc(C)n2C. The maximum Gasteiger partial charge on any atom is 0.148 e. The molecule has 0 bridgehead atoms. The average molecular weight is 398 g/mol. The summed E-state index contributed by atoms with van der Waals surface area (Å²) in [6.07, 6.45) is 0. The number of likely N-dealkylation sites (N-methyl/N-ethyl adjacent to an activating group) is 1. The third-order valence-electron chi connectivity index (χ3n) is 5.22. The van der Waals surface area contributed by atoms with Crippen molar-refractivity contribution in [3.05, 3.63) is 58.4 Å². The Labute approximate surface area is 171 Å². The first-order valence-electron chi connectivity index (χ1n) is 9.34. The van der Waals surface area contributed by atoms with Gasteiger partial charge >= 0.3 is 0 Å². The van der Waals surface area contributed by atoms with Crippen molar-refractivity contribution in [3.8, 4) is 5.75 Å². The molecule has 0 spiro atoms. The molecule has 6 heteroatoms. The highest BCUT2D eigenvalue weighted by Crippen LogP contribution is 2.29. The summed E-state index contributed by atoms with van der Waals surface area (Å²) >= 11 is 5.63. The van der Waals surface area contributed by atoms with E-state index >= 15 is 0 Å². The van der Waals surface area contributed by atoms with Gasteiger partial charge in [0, 0.05) is 26.2 Å². The maximum atomic E-state index is 9.23. The minimum atomic E-state index is 0.0552. The van der Waals surface area contributed by atoms with Gasteiger partial charge < -0.3 is 19.3 Å². The van der Waals surface area contributed by atoms with Gasteiger partial charge in [-0.1, -0.05) is 30.4 Å². The van der Waals surface area contributed by atoms with Gasteiger partial charge in [-0.15, -0.1) is 0 Å². The summed E-state index contributed by atoms with van der Waals surface area (Å²) in [4.78, 5) is 7.24. The van der Waals surface area contributed by atoms with E-state index in [1.165, 1.54) is 16.7 Å². The molecular weight excluding hydrogens is 370 g/mol. The smallest absolute Gasteiger partial charge is 0.148 e. The number of rotatable bonds is 6. The number of nitrogens with zero attached hydrogens (tertiary/aromatic N) is 3. The summed E-state index contributed by atoms with van der Waals surface area (Å²) in [5.41, 5.74) is 6.31. The summed E-state index contributed by atoms with van der Waals surface area (Å²) in [5.74, 6) is 1.64. The molecule has 1 aromatic heterocycles. The number of fused-ring (bicyclic) bond motifs is 1. The van der Waals surface area contributed by atoms with Gasteiger partial charge in [-0.3, -0.25) is 0 Å². The number of hydrogen-bond acceptors (Lipinski definition) is 4. The number of thiocarbonyl (C=S) groups is 1. The largest absolute Gasteiger partial charge is 0.487 e. The molecule has 1 heterocycles. The number of aromatic nitrogens is 2. The Bertz CT molecular complexity index is 1010. The van der Waals surface area contributed by atoms with E-state index in [1.54, 1.807) is 0 Å². The number of hydrogen-bond donors (Lipinski definition) is 1. The van der Waals surface area contributed by atoms with Crippen molar-refractivity contribution < 1.29 is 9.84 Å². The molecule has 5 nitrogen and oxygen atoms in total. The van der Waals surface area contributed by atoms with E-state index in [0.29, 0.717) is 18.1 Å². The number of aryl methyl sites for hydroxylation is 4. The topological polar surface area (TPSA) is 50.5 Å². The molecule has 1 N–H and O–H groups in total. The lowest BCUT2D eigenvalue weighted by Gasteiger charge is -2.20. The molecule has 0 radical (unpaired) electrons. The first-order chi connectivity index (χ1) is 13.3. The predicted octanol–water partition coefficient (Wildman–Crippen LogP) is 3.68. The molecule has 0 unspecified atom stereocenters. The second-order valence-electron chi connectivity index (χ2n) is 7.17. The average Bonchev–Trinajstić information content (AvgIpc) is 2.95. The molecule has 0 aliphatic rings. The molecule has 0 fully saturated rings. The lowest BCUT2D eigenvalue weighted by atomic mass is 10.0. The minimum Gasteiger partial charge on any atom is -0.487 e. The van der Waals surface area contributed by atoms with Crippen LogP contribution in [0.15, 0.2) is 30.3 Å². The van der Waals surface area contributed by atoms with Crippen LogP contribution in [-0.2, 0) is 13.7 Å². The van der Waals surface area contributed by atoms with E-state index in [-0.39, 0.29) is 6.61 Å². The van der Waals surface area contributed by atoms with Crippen molar-refractivity contribution in [2.75, 3.05) is 20.2 Å². The molecule has 28 heavy (non-hydrogen) atoms. The zero-order chi connectivity index (χ0) is 20.4. The van der Waals surface area contributed by atoms with Gasteiger partial charge in [-0.2, -0.15) is 0 Å². The fourth-order valence-corrected chi connectivity index (χ4v) is 3.51. The molecule has 3 rings (SSSR count).